The van der Waals surface area contributed by atoms with Gasteiger partial charge in [-0.15, -0.1) is 0 Å². The number of aromatic amines is 1. The number of rotatable bonds is 7. The lowest BCUT2D eigenvalue weighted by atomic mass is 10.2. The van der Waals surface area contributed by atoms with Crippen molar-refractivity contribution in [1.82, 2.24) is 15.3 Å². The molecule has 0 saturated heterocycles. The summed E-state index contributed by atoms with van der Waals surface area (Å²) in [5.41, 5.74) is 1.58. The van der Waals surface area contributed by atoms with E-state index in [-0.39, 0.29) is 5.82 Å². The number of fused-ring (bicyclic) bond motifs is 1. The molecule has 19 heavy (non-hydrogen) atoms. The van der Waals surface area contributed by atoms with E-state index in [0.717, 1.165) is 36.2 Å². The third-order valence-corrected chi connectivity index (χ3v) is 2.99. The van der Waals surface area contributed by atoms with E-state index in [1.807, 2.05) is 0 Å². The highest BCUT2D eigenvalue weighted by Crippen LogP contribution is 2.13. The minimum atomic E-state index is -0.238. The van der Waals surface area contributed by atoms with Crippen LogP contribution >= 0.6 is 0 Å². The van der Waals surface area contributed by atoms with Gasteiger partial charge in [0.15, 0.2) is 0 Å². The van der Waals surface area contributed by atoms with Gasteiger partial charge in [-0.3, -0.25) is 0 Å². The fourth-order valence-corrected chi connectivity index (χ4v) is 2.07. The molecular weight excluding hydrogens is 245 g/mol. The third-order valence-electron chi connectivity index (χ3n) is 2.99. The van der Waals surface area contributed by atoms with Gasteiger partial charge < -0.3 is 15.0 Å². The molecule has 1 aromatic heterocycles. The summed E-state index contributed by atoms with van der Waals surface area (Å²) in [6, 6.07) is 4.96. The zero-order valence-corrected chi connectivity index (χ0v) is 11.4. The molecule has 4 nitrogen and oxygen atoms in total. The quantitative estimate of drug-likeness (QED) is 0.755. The molecule has 0 saturated carbocycles. The van der Waals surface area contributed by atoms with Crippen LogP contribution in [0.2, 0.25) is 0 Å². The Morgan fingerprint density at radius 2 is 2.32 bits per heavy atom. The first-order valence-corrected chi connectivity index (χ1v) is 6.55. The van der Waals surface area contributed by atoms with Gasteiger partial charge in [0.05, 0.1) is 17.6 Å². The predicted octanol–water partition coefficient (Wildman–Crippen LogP) is 2.26. The molecule has 1 aromatic carbocycles. The zero-order chi connectivity index (χ0) is 13.7. The summed E-state index contributed by atoms with van der Waals surface area (Å²) in [7, 11) is 1.70. The Morgan fingerprint density at radius 1 is 1.47 bits per heavy atom. The molecular formula is C14H20FN3O. The molecule has 0 bridgehead atoms. The van der Waals surface area contributed by atoms with Crippen LogP contribution in [0.5, 0.6) is 0 Å². The number of halogens is 1. The van der Waals surface area contributed by atoms with Crippen LogP contribution in [0.1, 0.15) is 19.2 Å². The van der Waals surface area contributed by atoms with E-state index in [4.69, 9.17) is 4.74 Å². The lowest BCUT2D eigenvalue weighted by Gasteiger charge is -2.11. The van der Waals surface area contributed by atoms with Crippen LogP contribution in [-0.4, -0.2) is 36.3 Å². The van der Waals surface area contributed by atoms with Gasteiger partial charge in [-0.05, 0) is 38.1 Å². The molecule has 0 unspecified atom stereocenters. The number of nitrogens with one attached hydrogen (secondary N) is 2. The zero-order valence-electron chi connectivity index (χ0n) is 11.4. The number of hydrogen-bond donors (Lipinski definition) is 2. The Balaban J connectivity index is 1.81. The van der Waals surface area contributed by atoms with Crippen LogP contribution in [-0.2, 0) is 11.2 Å². The van der Waals surface area contributed by atoms with Gasteiger partial charge >= 0.3 is 0 Å². The monoisotopic (exact) mass is 265 g/mol. The summed E-state index contributed by atoms with van der Waals surface area (Å²) < 4.78 is 18.1. The van der Waals surface area contributed by atoms with Crippen molar-refractivity contribution in [3.63, 3.8) is 0 Å². The van der Waals surface area contributed by atoms with Crippen LogP contribution in [0.4, 0.5) is 4.39 Å². The molecule has 0 fully saturated rings. The summed E-state index contributed by atoms with van der Waals surface area (Å²) in [6.07, 6.45) is 1.83. The van der Waals surface area contributed by atoms with E-state index in [1.54, 1.807) is 13.2 Å². The van der Waals surface area contributed by atoms with Crippen LogP contribution < -0.4 is 5.32 Å². The van der Waals surface area contributed by atoms with Crippen molar-refractivity contribution in [3.05, 3.63) is 29.8 Å². The topological polar surface area (TPSA) is 49.9 Å². The minimum Gasteiger partial charge on any atom is -0.383 e. The van der Waals surface area contributed by atoms with E-state index < -0.39 is 0 Å². The first kappa shape index (κ1) is 14.0. The van der Waals surface area contributed by atoms with Gasteiger partial charge in [0.1, 0.15) is 11.6 Å². The maximum atomic E-state index is 13.0. The maximum Gasteiger partial charge on any atom is 0.125 e. The van der Waals surface area contributed by atoms with Crippen molar-refractivity contribution in [2.75, 3.05) is 20.3 Å². The second kappa shape index (κ2) is 6.63. The molecule has 0 spiro atoms. The Morgan fingerprint density at radius 3 is 3.11 bits per heavy atom. The molecule has 2 aromatic rings. The van der Waals surface area contributed by atoms with Gasteiger partial charge in [0.25, 0.3) is 0 Å². The summed E-state index contributed by atoms with van der Waals surface area (Å²) >= 11 is 0. The largest absolute Gasteiger partial charge is 0.383 e. The average Bonchev–Trinajstić information content (AvgIpc) is 2.77. The molecule has 0 aliphatic carbocycles. The SMILES string of the molecule is COC[C@@H](C)NCCCc1nc2ccc(F)cc2[nH]1. The number of ether oxygens (including phenoxy) is 1. The number of nitrogens with zero attached hydrogens (tertiary/aromatic N) is 1. The van der Waals surface area contributed by atoms with E-state index in [0.29, 0.717) is 12.6 Å². The summed E-state index contributed by atoms with van der Waals surface area (Å²) in [5.74, 6) is 0.666. The fourth-order valence-electron chi connectivity index (χ4n) is 2.07. The molecule has 0 aliphatic heterocycles. The van der Waals surface area contributed by atoms with E-state index in [9.17, 15) is 4.39 Å². The number of benzene rings is 1. The normalized spacial score (nSPS) is 13.0. The third kappa shape index (κ3) is 4.01. The van der Waals surface area contributed by atoms with Gasteiger partial charge in [-0.25, -0.2) is 9.37 Å². The van der Waals surface area contributed by atoms with Crippen LogP contribution in [0.25, 0.3) is 11.0 Å². The first-order valence-electron chi connectivity index (χ1n) is 6.55. The fraction of sp³-hybridized carbons (Fsp3) is 0.500. The van der Waals surface area contributed by atoms with E-state index in [2.05, 4.69) is 22.2 Å². The van der Waals surface area contributed by atoms with E-state index >= 15 is 0 Å². The molecule has 1 heterocycles. The molecule has 0 amide bonds. The average molecular weight is 265 g/mol. The van der Waals surface area contributed by atoms with Crippen molar-refractivity contribution in [3.8, 4) is 0 Å². The predicted molar refractivity (Wildman–Crippen MR) is 73.7 cm³/mol. The maximum absolute atomic E-state index is 13.0. The minimum absolute atomic E-state index is 0.238. The highest BCUT2D eigenvalue weighted by Gasteiger charge is 2.04. The number of methoxy groups -OCH3 is 1. The number of aryl methyl sites for hydroxylation is 1. The van der Waals surface area contributed by atoms with Crippen LogP contribution in [0.3, 0.4) is 0 Å². The van der Waals surface area contributed by atoms with Gasteiger partial charge in [0, 0.05) is 19.6 Å². The van der Waals surface area contributed by atoms with Crippen molar-refractivity contribution in [1.29, 1.82) is 0 Å². The van der Waals surface area contributed by atoms with Crippen molar-refractivity contribution >= 4 is 11.0 Å². The van der Waals surface area contributed by atoms with E-state index in [1.165, 1.54) is 12.1 Å². The first-order chi connectivity index (χ1) is 9.19. The standard InChI is InChI=1S/C14H20FN3O/c1-10(9-19-2)16-7-3-4-14-17-12-6-5-11(15)8-13(12)18-14/h5-6,8,10,16H,3-4,7,9H2,1-2H3,(H,17,18)/t10-/m1/s1. The van der Waals surface area contributed by atoms with Gasteiger partial charge in [0.2, 0.25) is 0 Å². The molecule has 1 atom stereocenters. The molecule has 5 heteroatoms. The molecule has 0 aliphatic rings. The lowest BCUT2D eigenvalue weighted by Crippen LogP contribution is -2.31. The second-order valence-electron chi connectivity index (χ2n) is 4.76. The summed E-state index contributed by atoms with van der Waals surface area (Å²) in [6.45, 7) is 3.72. The van der Waals surface area contributed by atoms with Crippen molar-refractivity contribution < 1.29 is 9.13 Å². The van der Waals surface area contributed by atoms with Gasteiger partial charge in [-0.2, -0.15) is 0 Å². The number of aromatic nitrogens is 2. The number of imidazole rings is 1. The Hall–Kier alpha value is -1.46. The number of hydrogen-bond acceptors (Lipinski definition) is 3. The number of H-pyrrole nitrogens is 1. The smallest absolute Gasteiger partial charge is 0.125 e. The Kier molecular flexibility index (Phi) is 4.87. The van der Waals surface area contributed by atoms with Crippen molar-refractivity contribution in [2.45, 2.75) is 25.8 Å². The Labute approximate surface area is 112 Å². The molecule has 2 rings (SSSR count). The summed E-state index contributed by atoms with van der Waals surface area (Å²) in [4.78, 5) is 7.58. The molecule has 104 valence electrons. The van der Waals surface area contributed by atoms with Gasteiger partial charge in [-0.1, -0.05) is 0 Å². The van der Waals surface area contributed by atoms with Crippen LogP contribution in [0.15, 0.2) is 18.2 Å². The highest BCUT2D eigenvalue weighted by atomic mass is 19.1. The summed E-state index contributed by atoms with van der Waals surface area (Å²) in [5, 5.41) is 3.37. The van der Waals surface area contributed by atoms with Crippen molar-refractivity contribution in [2.24, 2.45) is 0 Å². The highest BCUT2D eigenvalue weighted by molar-refractivity contribution is 5.74. The molecule has 0 radical (unpaired) electrons. The second-order valence-corrected chi connectivity index (χ2v) is 4.76. The van der Waals surface area contributed by atoms with Crippen LogP contribution in [0, 0.1) is 5.82 Å². The Bertz CT molecular complexity index is 526. The lowest BCUT2D eigenvalue weighted by molar-refractivity contribution is 0.172. The molecule has 2 N–H and O–H groups in total.